The maximum atomic E-state index is 6.61. The number of aromatic nitrogens is 1. The van der Waals surface area contributed by atoms with Crippen LogP contribution in [0.15, 0.2) is 61.0 Å². The van der Waals surface area contributed by atoms with Crippen LogP contribution in [0, 0.1) is 0 Å². The molecular weight excluding hydrogens is 329 g/mol. The van der Waals surface area contributed by atoms with E-state index in [4.69, 9.17) is 34.7 Å². The molecule has 4 N–H and O–H groups in total. The Bertz CT molecular complexity index is 771. The highest BCUT2D eigenvalue weighted by molar-refractivity contribution is 6.33. The third-order valence-electron chi connectivity index (χ3n) is 4.05. The lowest BCUT2D eigenvalue weighted by Crippen LogP contribution is -2.55. The highest BCUT2D eigenvalue weighted by Crippen LogP contribution is 2.31. The monoisotopic (exact) mass is 345 g/mol. The molecule has 1 heterocycles. The Hall–Kier alpha value is -1.65. The summed E-state index contributed by atoms with van der Waals surface area (Å²) >= 11 is 12.4. The molecule has 0 fully saturated rings. The largest absolute Gasteiger partial charge is 0.323 e. The number of halogens is 2. The summed E-state index contributed by atoms with van der Waals surface area (Å²) in [5, 5.41) is 1.27. The molecule has 0 saturated heterocycles. The van der Waals surface area contributed by atoms with Gasteiger partial charge in [-0.1, -0.05) is 41.4 Å². The normalized spacial score (nSPS) is 23.7. The smallest absolute Gasteiger partial charge is 0.0579 e. The topological polar surface area (TPSA) is 64.9 Å². The standard InChI is InChI=1S/C18H17Cl2N3/c19-15-2-3-16(20)14(9-15)11-18(22)10-13(1-4-17(18)21)12-5-7-23-8-6-12/h1-10,17H,11,21-22H2. The van der Waals surface area contributed by atoms with E-state index in [0.717, 1.165) is 16.7 Å². The van der Waals surface area contributed by atoms with Crippen molar-refractivity contribution in [3.05, 3.63) is 82.1 Å². The molecule has 1 aromatic heterocycles. The molecule has 2 aromatic rings. The molecular formula is C18H17Cl2N3. The second-order valence-corrected chi connectivity index (χ2v) is 6.59. The van der Waals surface area contributed by atoms with E-state index in [1.165, 1.54) is 0 Å². The maximum absolute atomic E-state index is 6.61. The van der Waals surface area contributed by atoms with Crippen molar-refractivity contribution >= 4 is 28.8 Å². The molecule has 2 atom stereocenters. The SMILES string of the molecule is NC1C=CC(c2ccncc2)=CC1(N)Cc1cc(Cl)ccc1Cl. The second kappa shape index (κ2) is 6.46. The van der Waals surface area contributed by atoms with Crippen LogP contribution < -0.4 is 11.5 Å². The lowest BCUT2D eigenvalue weighted by Gasteiger charge is -2.34. The van der Waals surface area contributed by atoms with Gasteiger partial charge in [-0.05, 0) is 53.5 Å². The van der Waals surface area contributed by atoms with Crippen molar-refractivity contribution < 1.29 is 0 Å². The molecule has 0 saturated carbocycles. The molecule has 5 heteroatoms. The number of nitrogens with zero attached hydrogens (tertiary/aromatic N) is 1. The fourth-order valence-corrected chi connectivity index (χ4v) is 3.10. The van der Waals surface area contributed by atoms with E-state index in [1.54, 1.807) is 24.5 Å². The lowest BCUT2D eigenvalue weighted by molar-refractivity contribution is 0.468. The van der Waals surface area contributed by atoms with Gasteiger partial charge in [-0.2, -0.15) is 0 Å². The number of nitrogens with two attached hydrogens (primary N) is 2. The molecule has 23 heavy (non-hydrogen) atoms. The van der Waals surface area contributed by atoms with E-state index in [1.807, 2.05) is 36.4 Å². The van der Waals surface area contributed by atoms with Crippen molar-refractivity contribution in [1.82, 2.24) is 4.98 Å². The highest BCUT2D eigenvalue weighted by Gasteiger charge is 2.32. The Morgan fingerprint density at radius 1 is 1.13 bits per heavy atom. The molecule has 0 bridgehead atoms. The molecule has 0 radical (unpaired) electrons. The van der Waals surface area contributed by atoms with Crippen molar-refractivity contribution in [3.63, 3.8) is 0 Å². The Morgan fingerprint density at radius 2 is 1.87 bits per heavy atom. The highest BCUT2D eigenvalue weighted by atomic mass is 35.5. The van der Waals surface area contributed by atoms with Crippen LogP contribution in [0.25, 0.3) is 5.57 Å². The fraction of sp³-hybridized carbons (Fsp3) is 0.167. The fourth-order valence-electron chi connectivity index (χ4n) is 2.72. The molecule has 3 nitrogen and oxygen atoms in total. The van der Waals surface area contributed by atoms with Gasteiger partial charge in [0.2, 0.25) is 0 Å². The van der Waals surface area contributed by atoms with Gasteiger partial charge in [0.15, 0.2) is 0 Å². The van der Waals surface area contributed by atoms with Gasteiger partial charge in [0.1, 0.15) is 0 Å². The van der Waals surface area contributed by atoms with Crippen molar-refractivity contribution in [2.24, 2.45) is 11.5 Å². The summed E-state index contributed by atoms with van der Waals surface area (Å²) < 4.78 is 0. The number of hydrogen-bond acceptors (Lipinski definition) is 3. The minimum Gasteiger partial charge on any atom is -0.323 e. The van der Waals surface area contributed by atoms with Crippen LogP contribution in [0.2, 0.25) is 10.0 Å². The zero-order valence-electron chi connectivity index (χ0n) is 12.4. The summed E-state index contributed by atoms with van der Waals surface area (Å²) in [7, 11) is 0. The first-order chi connectivity index (χ1) is 11.0. The van der Waals surface area contributed by atoms with Gasteiger partial charge >= 0.3 is 0 Å². The molecule has 0 aliphatic heterocycles. The van der Waals surface area contributed by atoms with Gasteiger partial charge in [-0.25, -0.2) is 0 Å². The zero-order valence-corrected chi connectivity index (χ0v) is 13.9. The van der Waals surface area contributed by atoms with Crippen LogP contribution in [-0.4, -0.2) is 16.6 Å². The van der Waals surface area contributed by atoms with Crippen molar-refractivity contribution in [1.29, 1.82) is 0 Å². The molecule has 1 aliphatic rings. The number of rotatable bonds is 3. The Labute approximate surface area is 145 Å². The summed E-state index contributed by atoms with van der Waals surface area (Å²) in [5.74, 6) is 0. The van der Waals surface area contributed by atoms with Gasteiger partial charge in [-0.15, -0.1) is 0 Å². The third kappa shape index (κ3) is 3.48. The Kier molecular flexibility index (Phi) is 4.55. The molecule has 0 spiro atoms. The van der Waals surface area contributed by atoms with Crippen LogP contribution in [0.4, 0.5) is 0 Å². The Morgan fingerprint density at radius 3 is 2.61 bits per heavy atom. The van der Waals surface area contributed by atoms with E-state index in [9.17, 15) is 0 Å². The number of allylic oxidation sites excluding steroid dienone is 2. The van der Waals surface area contributed by atoms with E-state index >= 15 is 0 Å². The number of pyridine rings is 1. The number of hydrogen-bond donors (Lipinski definition) is 2. The van der Waals surface area contributed by atoms with E-state index in [-0.39, 0.29) is 6.04 Å². The summed E-state index contributed by atoms with van der Waals surface area (Å²) in [5.41, 5.74) is 15.1. The Balaban J connectivity index is 1.97. The van der Waals surface area contributed by atoms with Gasteiger partial charge in [0.05, 0.1) is 5.54 Å². The average molecular weight is 346 g/mol. The van der Waals surface area contributed by atoms with Crippen LogP contribution in [0.1, 0.15) is 11.1 Å². The second-order valence-electron chi connectivity index (χ2n) is 5.75. The van der Waals surface area contributed by atoms with Crippen molar-refractivity contribution in [3.8, 4) is 0 Å². The zero-order chi connectivity index (χ0) is 16.4. The predicted molar refractivity (Wildman–Crippen MR) is 96.4 cm³/mol. The third-order valence-corrected chi connectivity index (χ3v) is 4.65. The van der Waals surface area contributed by atoms with Crippen LogP contribution in [0.5, 0.6) is 0 Å². The first-order valence-corrected chi connectivity index (χ1v) is 8.03. The molecule has 118 valence electrons. The summed E-state index contributed by atoms with van der Waals surface area (Å²) in [6.45, 7) is 0. The van der Waals surface area contributed by atoms with Crippen LogP contribution in [-0.2, 0) is 6.42 Å². The van der Waals surface area contributed by atoms with Gasteiger partial charge < -0.3 is 11.5 Å². The van der Waals surface area contributed by atoms with E-state index in [2.05, 4.69) is 4.98 Å². The van der Waals surface area contributed by atoms with Crippen molar-refractivity contribution in [2.75, 3.05) is 0 Å². The van der Waals surface area contributed by atoms with Crippen molar-refractivity contribution in [2.45, 2.75) is 18.0 Å². The quantitative estimate of drug-likeness (QED) is 0.892. The van der Waals surface area contributed by atoms with E-state index in [0.29, 0.717) is 16.5 Å². The summed E-state index contributed by atoms with van der Waals surface area (Å²) in [6.07, 6.45) is 9.94. The van der Waals surface area contributed by atoms with Crippen LogP contribution in [0.3, 0.4) is 0 Å². The van der Waals surface area contributed by atoms with Gasteiger partial charge in [-0.3, -0.25) is 4.98 Å². The minimum atomic E-state index is -0.734. The predicted octanol–water partition coefficient (Wildman–Crippen LogP) is 3.61. The minimum absolute atomic E-state index is 0.303. The van der Waals surface area contributed by atoms with Gasteiger partial charge in [0.25, 0.3) is 0 Å². The maximum Gasteiger partial charge on any atom is 0.0579 e. The molecule has 1 aliphatic carbocycles. The summed E-state index contributed by atoms with van der Waals surface area (Å²) in [4.78, 5) is 4.04. The first-order valence-electron chi connectivity index (χ1n) is 7.28. The average Bonchev–Trinajstić information content (AvgIpc) is 2.54. The van der Waals surface area contributed by atoms with E-state index < -0.39 is 5.54 Å². The number of benzene rings is 1. The molecule has 3 rings (SSSR count). The molecule has 0 amide bonds. The molecule has 2 unspecified atom stereocenters. The van der Waals surface area contributed by atoms with Crippen LogP contribution >= 0.6 is 23.2 Å². The molecule has 1 aromatic carbocycles. The lowest BCUT2D eigenvalue weighted by atomic mass is 9.79. The first kappa shape index (κ1) is 16.2. The van der Waals surface area contributed by atoms with Gasteiger partial charge in [0, 0.05) is 28.5 Å². The summed E-state index contributed by atoms with van der Waals surface area (Å²) in [6, 6.07) is 8.96.